The Morgan fingerprint density at radius 1 is 1.21 bits per heavy atom. The lowest BCUT2D eigenvalue weighted by atomic mass is 9.91. The molecule has 1 atom stereocenters. The van der Waals surface area contributed by atoms with Gasteiger partial charge >= 0.3 is 0 Å². The summed E-state index contributed by atoms with van der Waals surface area (Å²) in [6.07, 6.45) is 5.32. The van der Waals surface area contributed by atoms with Crippen LogP contribution >= 0.6 is 0 Å². The van der Waals surface area contributed by atoms with Crippen LogP contribution < -0.4 is 16.0 Å². The van der Waals surface area contributed by atoms with Gasteiger partial charge in [0.15, 0.2) is 0 Å². The molecule has 1 unspecified atom stereocenters. The highest BCUT2D eigenvalue weighted by Gasteiger charge is 2.57. The first-order valence-electron chi connectivity index (χ1n) is 9.00. The maximum absolute atomic E-state index is 12.6. The summed E-state index contributed by atoms with van der Waals surface area (Å²) in [5.74, 6) is 0.192. The zero-order valence-electron chi connectivity index (χ0n) is 14.2. The highest BCUT2D eigenvalue weighted by atomic mass is 16.2. The van der Waals surface area contributed by atoms with Crippen molar-refractivity contribution in [3.8, 4) is 0 Å². The Hall–Kier alpha value is -1.88. The molecule has 1 aromatic rings. The number of benzene rings is 1. The van der Waals surface area contributed by atoms with E-state index in [9.17, 15) is 9.59 Å². The van der Waals surface area contributed by atoms with Crippen molar-refractivity contribution in [1.29, 1.82) is 0 Å². The maximum atomic E-state index is 12.6. The number of nitrogens with one attached hydrogen (secondary N) is 3. The van der Waals surface area contributed by atoms with Crippen molar-refractivity contribution in [1.82, 2.24) is 10.6 Å². The van der Waals surface area contributed by atoms with E-state index in [0.717, 1.165) is 56.4 Å². The van der Waals surface area contributed by atoms with E-state index < -0.39 is 0 Å². The van der Waals surface area contributed by atoms with Crippen molar-refractivity contribution >= 4 is 17.5 Å². The monoisotopic (exact) mass is 327 g/mol. The van der Waals surface area contributed by atoms with Gasteiger partial charge in [0.05, 0.1) is 0 Å². The van der Waals surface area contributed by atoms with Gasteiger partial charge in [-0.25, -0.2) is 0 Å². The summed E-state index contributed by atoms with van der Waals surface area (Å²) in [6, 6.07) is 5.88. The standard InChI is InChI=1S/C19H25N3O2/c1-12-2-3-13(17(23)21-14-4-5-14)10-16(12)22-18(24)15-11-19(15)6-8-20-9-7-19/h2-3,10,14-15,20H,4-9,11H2,1H3,(H,21,23)(H,22,24). The molecular formula is C19H25N3O2. The van der Waals surface area contributed by atoms with Gasteiger partial charge in [0, 0.05) is 23.2 Å². The van der Waals surface area contributed by atoms with Crippen molar-refractivity contribution < 1.29 is 9.59 Å². The van der Waals surface area contributed by atoms with E-state index in [1.807, 2.05) is 25.1 Å². The van der Waals surface area contributed by atoms with E-state index in [0.29, 0.717) is 11.6 Å². The maximum Gasteiger partial charge on any atom is 0.251 e. The molecule has 1 aliphatic heterocycles. The zero-order valence-corrected chi connectivity index (χ0v) is 14.2. The molecular weight excluding hydrogens is 302 g/mol. The average Bonchev–Trinajstić information content (AvgIpc) is 3.49. The largest absolute Gasteiger partial charge is 0.349 e. The third-order valence-electron chi connectivity index (χ3n) is 5.78. The highest BCUT2D eigenvalue weighted by Crippen LogP contribution is 2.58. The molecule has 0 radical (unpaired) electrons. The third kappa shape index (κ3) is 3.05. The first-order chi connectivity index (χ1) is 11.6. The summed E-state index contributed by atoms with van der Waals surface area (Å²) >= 11 is 0. The van der Waals surface area contributed by atoms with Crippen molar-refractivity contribution in [2.45, 2.75) is 45.1 Å². The Balaban J connectivity index is 1.43. The predicted octanol–water partition coefficient (Wildman–Crippen LogP) is 2.22. The minimum absolute atomic E-state index is 0.0470. The molecule has 2 amide bonds. The van der Waals surface area contributed by atoms with Gasteiger partial charge in [-0.2, -0.15) is 0 Å². The smallest absolute Gasteiger partial charge is 0.251 e. The van der Waals surface area contributed by atoms with Crippen LogP contribution in [0.25, 0.3) is 0 Å². The van der Waals surface area contributed by atoms with E-state index in [-0.39, 0.29) is 23.1 Å². The Bertz CT molecular complexity index is 675. The molecule has 24 heavy (non-hydrogen) atoms. The fourth-order valence-electron chi connectivity index (χ4n) is 3.81. The molecule has 2 saturated carbocycles. The molecule has 0 bridgehead atoms. The molecule has 1 spiro atoms. The molecule has 3 N–H and O–H groups in total. The van der Waals surface area contributed by atoms with Gasteiger partial charge in [0.25, 0.3) is 5.91 Å². The van der Waals surface area contributed by atoms with Crippen LogP contribution in [0.4, 0.5) is 5.69 Å². The lowest BCUT2D eigenvalue weighted by Gasteiger charge is -2.23. The number of anilines is 1. The van der Waals surface area contributed by atoms with Gasteiger partial charge in [-0.15, -0.1) is 0 Å². The Labute approximate surface area is 142 Å². The lowest BCUT2D eigenvalue weighted by molar-refractivity contribution is -0.118. The fraction of sp³-hybridized carbons (Fsp3) is 0.579. The lowest BCUT2D eigenvalue weighted by Crippen LogP contribution is -2.31. The quantitative estimate of drug-likeness (QED) is 0.794. The third-order valence-corrected chi connectivity index (χ3v) is 5.78. The van der Waals surface area contributed by atoms with Crippen molar-refractivity contribution in [3.63, 3.8) is 0 Å². The van der Waals surface area contributed by atoms with Gasteiger partial charge in [-0.05, 0) is 75.2 Å². The van der Waals surface area contributed by atoms with E-state index >= 15 is 0 Å². The van der Waals surface area contributed by atoms with Crippen LogP contribution in [0.15, 0.2) is 18.2 Å². The molecule has 1 saturated heterocycles. The minimum atomic E-state index is -0.0470. The van der Waals surface area contributed by atoms with Gasteiger partial charge in [-0.3, -0.25) is 9.59 Å². The number of hydrogen-bond acceptors (Lipinski definition) is 3. The van der Waals surface area contributed by atoms with Gasteiger partial charge < -0.3 is 16.0 Å². The molecule has 1 aromatic carbocycles. The van der Waals surface area contributed by atoms with Crippen LogP contribution in [0, 0.1) is 18.3 Å². The molecule has 5 heteroatoms. The zero-order chi connectivity index (χ0) is 16.7. The molecule has 0 aromatic heterocycles. The van der Waals surface area contributed by atoms with Crippen LogP contribution in [-0.2, 0) is 4.79 Å². The van der Waals surface area contributed by atoms with Crippen LogP contribution in [0.5, 0.6) is 0 Å². The van der Waals surface area contributed by atoms with E-state index in [1.54, 1.807) is 0 Å². The van der Waals surface area contributed by atoms with E-state index in [2.05, 4.69) is 16.0 Å². The number of hydrogen-bond donors (Lipinski definition) is 3. The topological polar surface area (TPSA) is 70.2 Å². The molecule has 128 valence electrons. The summed E-state index contributed by atoms with van der Waals surface area (Å²) in [6.45, 7) is 3.99. The van der Waals surface area contributed by atoms with Crippen LogP contribution in [-0.4, -0.2) is 30.9 Å². The molecule has 4 rings (SSSR count). The fourth-order valence-corrected chi connectivity index (χ4v) is 3.81. The summed E-state index contributed by atoms with van der Waals surface area (Å²) in [4.78, 5) is 24.8. The van der Waals surface area contributed by atoms with Crippen LogP contribution in [0.2, 0.25) is 0 Å². The number of aryl methyl sites for hydroxylation is 1. The normalized spacial score (nSPS) is 24.5. The van der Waals surface area contributed by atoms with Crippen LogP contribution in [0.3, 0.4) is 0 Å². The van der Waals surface area contributed by atoms with Gasteiger partial charge in [0.2, 0.25) is 5.91 Å². The van der Waals surface area contributed by atoms with E-state index in [1.165, 1.54) is 0 Å². The second-order valence-corrected chi connectivity index (χ2v) is 7.64. The first kappa shape index (κ1) is 15.6. The van der Waals surface area contributed by atoms with Crippen molar-refractivity contribution in [2.24, 2.45) is 11.3 Å². The second-order valence-electron chi connectivity index (χ2n) is 7.64. The van der Waals surface area contributed by atoms with Crippen molar-refractivity contribution in [2.75, 3.05) is 18.4 Å². The number of carbonyl (C=O) groups is 2. The number of carbonyl (C=O) groups excluding carboxylic acids is 2. The number of rotatable bonds is 4. The number of amides is 2. The second kappa shape index (κ2) is 5.88. The summed E-state index contributed by atoms with van der Waals surface area (Å²) < 4.78 is 0. The first-order valence-corrected chi connectivity index (χ1v) is 9.00. The SMILES string of the molecule is Cc1ccc(C(=O)NC2CC2)cc1NC(=O)C1CC12CCNCC2. The highest BCUT2D eigenvalue weighted by molar-refractivity contribution is 5.99. The Morgan fingerprint density at radius 2 is 1.96 bits per heavy atom. The average molecular weight is 327 g/mol. The number of piperidine rings is 1. The Kier molecular flexibility index (Phi) is 3.83. The van der Waals surface area contributed by atoms with Gasteiger partial charge in [0.1, 0.15) is 0 Å². The molecule has 5 nitrogen and oxygen atoms in total. The van der Waals surface area contributed by atoms with E-state index in [4.69, 9.17) is 0 Å². The molecule has 3 fully saturated rings. The predicted molar refractivity (Wildman–Crippen MR) is 92.9 cm³/mol. The van der Waals surface area contributed by atoms with Gasteiger partial charge in [-0.1, -0.05) is 6.07 Å². The summed E-state index contributed by atoms with van der Waals surface area (Å²) in [5, 5.41) is 9.42. The molecule has 1 heterocycles. The summed E-state index contributed by atoms with van der Waals surface area (Å²) in [7, 11) is 0. The Morgan fingerprint density at radius 3 is 2.67 bits per heavy atom. The van der Waals surface area contributed by atoms with Crippen LogP contribution in [0.1, 0.15) is 48.0 Å². The minimum Gasteiger partial charge on any atom is -0.349 e. The van der Waals surface area contributed by atoms with Crippen molar-refractivity contribution in [3.05, 3.63) is 29.3 Å². The molecule has 2 aliphatic carbocycles. The molecule has 3 aliphatic rings. The summed E-state index contributed by atoms with van der Waals surface area (Å²) in [5.41, 5.74) is 2.60.